The number of Topliss-reactive ketones (excluding diaryl/α,β-unsaturated/α-hetero) is 1. The largest absolute Gasteiger partial charge is 0.293 e. The van der Waals surface area contributed by atoms with Crippen molar-refractivity contribution in [2.45, 2.75) is 6.92 Å². The number of carbonyl (C=O) groups excluding carboxylic acids is 1. The number of alkyl halides is 3. The quantitative estimate of drug-likeness (QED) is 0.710. The summed E-state index contributed by atoms with van der Waals surface area (Å²) in [5, 5.41) is 0. The molecule has 0 aliphatic carbocycles. The summed E-state index contributed by atoms with van der Waals surface area (Å²) in [6.07, 6.45) is 0. The standard InChI is InChI=1S/C12H13F3O/c1-9-4-2-3-5-10(9)11(16)12(6-13,7-14)8-15/h2-5H,6-8H2,1H3. The second-order valence-corrected chi connectivity index (χ2v) is 3.83. The molecule has 0 saturated heterocycles. The van der Waals surface area contributed by atoms with Crippen molar-refractivity contribution in [3.63, 3.8) is 0 Å². The van der Waals surface area contributed by atoms with E-state index in [2.05, 4.69) is 0 Å². The summed E-state index contributed by atoms with van der Waals surface area (Å²) in [5.41, 5.74) is -1.39. The Kier molecular flexibility index (Phi) is 4.10. The van der Waals surface area contributed by atoms with Gasteiger partial charge in [0.1, 0.15) is 25.4 Å². The average Bonchev–Trinajstić information content (AvgIpc) is 2.32. The van der Waals surface area contributed by atoms with Crippen molar-refractivity contribution in [2.75, 3.05) is 20.0 Å². The zero-order chi connectivity index (χ0) is 12.2. The molecule has 0 bridgehead atoms. The number of hydrogen-bond donors (Lipinski definition) is 0. The Balaban J connectivity index is 3.14. The van der Waals surface area contributed by atoms with Gasteiger partial charge in [-0.3, -0.25) is 4.79 Å². The number of halogens is 3. The van der Waals surface area contributed by atoms with E-state index >= 15 is 0 Å². The van der Waals surface area contributed by atoms with Gasteiger partial charge in [0, 0.05) is 5.56 Å². The van der Waals surface area contributed by atoms with E-state index < -0.39 is 31.2 Å². The molecule has 0 amide bonds. The smallest absolute Gasteiger partial charge is 0.177 e. The van der Waals surface area contributed by atoms with Gasteiger partial charge < -0.3 is 0 Å². The molecule has 0 N–H and O–H groups in total. The Morgan fingerprint density at radius 3 is 2.06 bits per heavy atom. The van der Waals surface area contributed by atoms with Gasteiger partial charge in [-0.15, -0.1) is 0 Å². The molecule has 0 fully saturated rings. The fraction of sp³-hybridized carbons (Fsp3) is 0.417. The zero-order valence-corrected chi connectivity index (χ0v) is 8.97. The van der Waals surface area contributed by atoms with Crippen LogP contribution in [0.5, 0.6) is 0 Å². The van der Waals surface area contributed by atoms with Crippen LogP contribution in [0.2, 0.25) is 0 Å². The van der Waals surface area contributed by atoms with E-state index in [4.69, 9.17) is 0 Å². The molecule has 0 atom stereocenters. The monoisotopic (exact) mass is 230 g/mol. The first-order valence-corrected chi connectivity index (χ1v) is 4.89. The number of rotatable bonds is 5. The van der Waals surface area contributed by atoms with Crippen LogP contribution in [-0.4, -0.2) is 25.8 Å². The first-order chi connectivity index (χ1) is 7.61. The Hall–Kier alpha value is -1.32. The van der Waals surface area contributed by atoms with Crippen molar-refractivity contribution in [3.05, 3.63) is 35.4 Å². The highest BCUT2D eigenvalue weighted by atomic mass is 19.1. The maximum Gasteiger partial charge on any atom is 0.177 e. The summed E-state index contributed by atoms with van der Waals surface area (Å²) in [4.78, 5) is 11.9. The van der Waals surface area contributed by atoms with E-state index in [9.17, 15) is 18.0 Å². The van der Waals surface area contributed by atoms with Crippen LogP contribution in [0.1, 0.15) is 15.9 Å². The summed E-state index contributed by atoms with van der Waals surface area (Å²) >= 11 is 0. The molecule has 0 unspecified atom stereocenters. The molecular formula is C12H13F3O. The van der Waals surface area contributed by atoms with Gasteiger partial charge in [0.15, 0.2) is 5.78 Å². The van der Waals surface area contributed by atoms with Gasteiger partial charge >= 0.3 is 0 Å². The first-order valence-electron chi connectivity index (χ1n) is 4.89. The molecule has 0 radical (unpaired) electrons. The Bertz CT molecular complexity index is 364. The molecule has 1 aromatic carbocycles. The van der Waals surface area contributed by atoms with Crippen LogP contribution in [0.3, 0.4) is 0 Å². The number of carbonyl (C=O) groups is 1. The molecule has 0 spiro atoms. The maximum absolute atomic E-state index is 12.7. The van der Waals surface area contributed by atoms with Crippen molar-refractivity contribution < 1.29 is 18.0 Å². The third-order valence-electron chi connectivity index (χ3n) is 2.64. The lowest BCUT2D eigenvalue weighted by Gasteiger charge is -2.23. The summed E-state index contributed by atoms with van der Waals surface area (Å²) in [7, 11) is 0. The van der Waals surface area contributed by atoms with Crippen molar-refractivity contribution in [2.24, 2.45) is 5.41 Å². The minimum absolute atomic E-state index is 0.176. The molecule has 0 saturated carbocycles. The highest BCUT2D eigenvalue weighted by Gasteiger charge is 2.40. The number of aryl methyl sites for hydroxylation is 1. The van der Waals surface area contributed by atoms with Crippen LogP contribution in [0.4, 0.5) is 13.2 Å². The van der Waals surface area contributed by atoms with Gasteiger partial charge in [-0.25, -0.2) is 13.2 Å². The Labute approximate surface area is 92.3 Å². The fourth-order valence-electron chi connectivity index (χ4n) is 1.40. The predicted octanol–water partition coefficient (Wildman–Crippen LogP) is 3.07. The predicted molar refractivity (Wildman–Crippen MR) is 55.9 cm³/mol. The highest BCUT2D eigenvalue weighted by Crippen LogP contribution is 2.27. The van der Waals surface area contributed by atoms with Crippen LogP contribution < -0.4 is 0 Å². The summed E-state index contributed by atoms with van der Waals surface area (Å²) < 4.78 is 38.0. The van der Waals surface area contributed by atoms with Crippen molar-refractivity contribution in [1.82, 2.24) is 0 Å². The molecule has 88 valence electrons. The Morgan fingerprint density at radius 1 is 1.12 bits per heavy atom. The SMILES string of the molecule is Cc1ccccc1C(=O)C(CF)(CF)CF. The lowest BCUT2D eigenvalue weighted by Crippen LogP contribution is -2.38. The minimum atomic E-state index is -2.16. The second-order valence-electron chi connectivity index (χ2n) is 3.83. The van der Waals surface area contributed by atoms with Gasteiger partial charge in [-0.1, -0.05) is 24.3 Å². The molecule has 1 nitrogen and oxygen atoms in total. The molecule has 0 heterocycles. The van der Waals surface area contributed by atoms with E-state index in [0.29, 0.717) is 5.56 Å². The summed E-state index contributed by atoms with van der Waals surface area (Å²) in [5.74, 6) is -0.807. The zero-order valence-electron chi connectivity index (χ0n) is 8.97. The van der Waals surface area contributed by atoms with Crippen molar-refractivity contribution in [1.29, 1.82) is 0 Å². The summed E-state index contributed by atoms with van der Waals surface area (Å²) in [6.45, 7) is -2.33. The average molecular weight is 230 g/mol. The number of hydrogen-bond acceptors (Lipinski definition) is 1. The van der Waals surface area contributed by atoms with Crippen LogP contribution >= 0.6 is 0 Å². The number of benzene rings is 1. The number of ketones is 1. The molecular weight excluding hydrogens is 217 g/mol. The lowest BCUT2D eigenvalue weighted by atomic mass is 9.82. The normalized spacial score (nSPS) is 11.5. The first kappa shape index (κ1) is 12.7. The molecule has 16 heavy (non-hydrogen) atoms. The van der Waals surface area contributed by atoms with Crippen LogP contribution in [-0.2, 0) is 0 Å². The van der Waals surface area contributed by atoms with Crippen LogP contribution in [0.25, 0.3) is 0 Å². The fourth-order valence-corrected chi connectivity index (χ4v) is 1.40. The summed E-state index contributed by atoms with van der Waals surface area (Å²) in [6, 6.07) is 6.38. The highest BCUT2D eigenvalue weighted by molar-refractivity contribution is 6.02. The van der Waals surface area contributed by atoms with E-state index in [1.807, 2.05) is 0 Å². The third kappa shape index (κ3) is 2.10. The van der Waals surface area contributed by atoms with Gasteiger partial charge in [0.2, 0.25) is 0 Å². The molecule has 1 rings (SSSR count). The van der Waals surface area contributed by atoms with E-state index in [0.717, 1.165) is 0 Å². The molecule has 4 heteroatoms. The van der Waals surface area contributed by atoms with Crippen LogP contribution in [0.15, 0.2) is 24.3 Å². The molecule has 0 aromatic heterocycles. The minimum Gasteiger partial charge on any atom is -0.293 e. The van der Waals surface area contributed by atoms with Crippen molar-refractivity contribution >= 4 is 5.78 Å². The topological polar surface area (TPSA) is 17.1 Å². The van der Waals surface area contributed by atoms with Gasteiger partial charge in [0.25, 0.3) is 0 Å². The Morgan fingerprint density at radius 2 is 1.62 bits per heavy atom. The third-order valence-corrected chi connectivity index (χ3v) is 2.64. The van der Waals surface area contributed by atoms with E-state index in [1.165, 1.54) is 6.07 Å². The van der Waals surface area contributed by atoms with Gasteiger partial charge in [-0.05, 0) is 12.5 Å². The van der Waals surface area contributed by atoms with Crippen molar-refractivity contribution in [3.8, 4) is 0 Å². The molecule has 1 aromatic rings. The van der Waals surface area contributed by atoms with E-state index in [-0.39, 0.29) is 5.56 Å². The van der Waals surface area contributed by atoms with E-state index in [1.54, 1.807) is 25.1 Å². The van der Waals surface area contributed by atoms with Gasteiger partial charge in [-0.2, -0.15) is 0 Å². The van der Waals surface area contributed by atoms with Gasteiger partial charge in [0.05, 0.1) is 0 Å². The second kappa shape index (κ2) is 5.14. The lowest BCUT2D eigenvalue weighted by molar-refractivity contribution is 0.0599. The van der Waals surface area contributed by atoms with Crippen LogP contribution in [0, 0.1) is 12.3 Å². The molecule has 0 aliphatic heterocycles. The maximum atomic E-state index is 12.7. The molecule has 0 aliphatic rings.